The van der Waals surface area contributed by atoms with E-state index in [1.54, 1.807) is 18.2 Å². The van der Waals surface area contributed by atoms with Crippen LogP contribution in [0.15, 0.2) is 76.0 Å². The number of primary sulfonamides is 1. The zero-order valence-corrected chi connectivity index (χ0v) is 21.0. The monoisotopic (exact) mass is 516 g/mol. The van der Waals surface area contributed by atoms with Crippen molar-refractivity contribution >= 4 is 37.9 Å². The molecule has 188 valence electrons. The molecule has 0 unspecified atom stereocenters. The molecule has 3 N–H and O–H groups in total. The average Bonchev–Trinajstić information content (AvgIpc) is 3.21. The average molecular weight is 517 g/mol. The second-order valence-electron chi connectivity index (χ2n) is 8.80. The third kappa shape index (κ3) is 4.66. The SMILES string of the molecule is Cc1c(-c2cc(C(=O)O)c3c(OCCc4ccc(S(N)(=O)=O)cc4)ccc(C)c3n2)oc2ccccc12. The van der Waals surface area contributed by atoms with Crippen LogP contribution in [0.3, 0.4) is 0 Å². The summed E-state index contributed by atoms with van der Waals surface area (Å²) in [6, 6.07) is 19.0. The number of furan rings is 1. The Kier molecular flexibility index (Phi) is 6.18. The highest BCUT2D eigenvalue weighted by Gasteiger charge is 2.21. The van der Waals surface area contributed by atoms with Crippen molar-refractivity contribution in [2.24, 2.45) is 5.14 Å². The fourth-order valence-electron chi connectivity index (χ4n) is 4.39. The summed E-state index contributed by atoms with van der Waals surface area (Å²) in [5, 5.41) is 16.6. The maximum absolute atomic E-state index is 12.4. The van der Waals surface area contributed by atoms with Crippen LogP contribution in [-0.4, -0.2) is 31.1 Å². The number of aryl methyl sites for hydroxylation is 2. The topological polar surface area (TPSA) is 133 Å². The molecular weight excluding hydrogens is 492 g/mol. The molecule has 0 amide bonds. The van der Waals surface area contributed by atoms with Crippen molar-refractivity contribution in [1.82, 2.24) is 4.98 Å². The van der Waals surface area contributed by atoms with Gasteiger partial charge in [0.2, 0.25) is 10.0 Å². The Morgan fingerprint density at radius 2 is 1.78 bits per heavy atom. The molecule has 9 heteroatoms. The number of para-hydroxylation sites is 1. The first-order valence-electron chi connectivity index (χ1n) is 11.5. The van der Waals surface area contributed by atoms with Crippen LogP contribution in [0, 0.1) is 13.8 Å². The molecule has 0 aliphatic carbocycles. The van der Waals surface area contributed by atoms with Crippen molar-refractivity contribution in [1.29, 1.82) is 0 Å². The molecule has 0 saturated heterocycles. The summed E-state index contributed by atoms with van der Waals surface area (Å²) in [5.74, 6) is -0.171. The van der Waals surface area contributed by atoms with E-state index in [-0.39, 0.29) is 17.1 Å². The van der Waals surface area contributed by atoms with Crippen LogP contribution >= 0.6 is 0 Å². The Balaban J connectivity index is 1.51. The molecule has 5 rings (SSSR count). The third-order valence-electron chi connectivity index (χ3n) is 6.33. The number of carboxylic acids is 1. The summed E-state index contributed by atoms with van der Waals surface area (Å²) in [4.78, 5) is 17.2. The van der Waals surface area contributed by atoms with E-state index >= 15 is 0 Å². The second kappa shape index (κ2) is 9.34. The highest BCUT2D eigenvalue weighted by atomic mass is 32.2. The van der Waals surface area contributed by atoms with Crippen LogP contribution in [0.2, 0.25) is 0 Å². The van der Waals surface area contributed by atoms with E-state index < -0.39 is 16.0 Å². The van der Waals surface area contributed by atoms with E-state index in [1.807, 2.05) is 44.2 Å². The van der Waals surface area contributed by atoms with E-state index in [0.29, 0.717) is 40.1 Å². The number of benzene rings is 3. The fraction of sp³-hybridized carbons (Fsp3) is 0.143. The number of pyridine rings is 1. The van der Waals surface area contributed by atoms with Gasteiger partial charge in [0.25, 0.3) is 0 Å². The zero-order valence-electron chi connectivity index (χ0n) is 20.2. The lowest BCUT2D eigenvalue weighted by Gasteiger charge is -2.14. The summed E-state index contributed by atoms with van der Waals surface area (Å²) < 4.78 is 35.0. The van der Waals surface area contributed by atoms with Crippen LogP contribution in [0.25, 0.3) is 33.3 Å². The minimum Gasteiger partial charge on any atom is -0.493 e. The number of carbonyl (C=O) groups is 1. The quantitative estimate of drug-likeness (QED) is 0.302. The van der Waals surface area contributed by atoms with E-state index in [4.69, 9.17) is 19.3 Å². The van der Waals surface area contributed by atoms with Gasteiger partial charge < -0.3 is 14.3 Å². The van der Waals surface area contributed by atoms with Crippen LogP contribution in [-0.2, 0) is 16.4 Å². The molecule has 2 heterocycles. The normalized spacial score (nSPS) is 11.8. The Hall–Kier alpha value is -4.21. The largest absolute Gasteiger partial charge is 0.493 e. The molecule has 0 fully saturated rings. The zero-order chi connectivity index (χ0) is 26.3. The van der Waals surface area contributed by atoms with Crippen molar-refractivity contribution in [2.75, 3.05) is 6.61 Å². The van der Waals surface area contributed by atoms with Gasteiger partial charge in [-0.3, -0.25) is 0 Å². The molecule has 8 nitrogen and oxygen atoms in total. The lowest BCUT2D eigenvalue weighted by molar-refractivity contribution is 0.0698. The number of ether oxygens (including phenoxy) is 1. The number of nitrogens with two attached hydrogens (primary N) is 1. The molecule has 37 heavy (non-hydrogen) atoms. The van der Waals surface area contributed by atoms with Gasteiger partial charge in [-0.1, -0.05) is 36.4 Å². The maximum Gasteiger partial charge on any atom is 0.336 e. The van der Waals surface area contributed by atoms with Crippen LogP contribution in [0.5, 0.6) is 5.75 Å². The number of rotatable bonds is 7. The Morgan fingerprint density at radius 3 is 2.46 bits per heavy atom. The summed E-state index contributed by atoms with van der Waals surface area (Å²) in [6.07, 6.45) is 0.479. The number of fused-ring (bicyclic) bond motifs is 2. The Morgan fingerprint density at radius 1 is 1.05 bits per heavy atom. The number of hydrogen-bond acceptors (Lipinski definition) is 6. The van der Waals surface area contributed by atoms with Gasteiger partial charge in [0, 0.05) is 17.4 Å². The molecule has 0 atom stereocenters. The molecule has 0 aliphatic rings. The van der Waals surface area contributed by atoms with Gasteiger partial charge in [-0.15, -0.1) is 0 Å². The number of nitrogens with zero attached hydrogens (tertiary/aromatic N) is 1. The summed E-state index contributed by atoms with van der Waals surface area (Å²) in [6.45, 7) is 4.04. The van der Waals surface area contributed by atoms with Gasteiger partial charge in [-0.25, -0.2) is 23.3 Å². The molecule has 2 aromatic heterocycles. The highest BCUT2D eigenvalue weighted by molar-refractivity contribution is 7.89. The summed E-state index contributed by atoms with van der Waals surface area (Å²) >= 11 is 0. The minimum atomic E-state index is -3.76. The first kappa shape index (κ1) is 24.5. The van der Waals surface area contributed by atoms with Crippen molar-refractivity contribution in [3.05, 3.63) is 89.0 Å². The van der Waals surface area contributed by atoms with Gasteiger partial charge >= 0.3 is 5.97 Å². The van der Waals surface area contributed by atoms with Crippen molar-refractivity contribution in [3.63, 3.8) is 0 Å². The van der Waals surface area contributed by atoms with Crippen LogP contribution in [0.1, 0.15) is 27.0 Å². The highest BCUT2D eigenvalue weighted by Crippen LogP contribution is 2.37. The number of aromatic nitrogens is 1. The van der Waals surface area contributed by atoms with Crippen molar-refractivity contribution in [2.45, 2.75) is 25.2 Å². The predicted octanol–water partition coefficient (Wildman–Crippen LogP) is 5.23. The van der Waals surface area contributed by atoms with E-state index in [9.17, 15) is 18.3 Å². The molecule has 5 aromatic rings. The molecule has 0 radical (unpaired) electrons. The van der Waals surface area contributed by atoms with Gasteiger partial charge in [-0.2, -0.15) is 0 Å². The molecule has 3 aromatic carbocycles. The predicted molar refractivity (Wildman–Crippen MR) is 140 cm³/mol. The second-order valence-corrected chi connectivity index (χ2v) is 10.4. The summed E-state index contributed by atoms with van der Waals surface area (Å²) in [7, 11) is -3.76. The molecule has 0 saturated carbocycles. The van der Waals surface area contributed by atoms with E-state index in [0.717, 1.165) is 22.1 Å². The molecule has 0 bridgehead atoms. The minimum absolute atomic E-state index is 0.0364. The molecule has 0 aliphatic heterocycles. The van der Waals surface area contributed by atoms with Crippen LogP contribution < -0.4 is 9.88 Å². The third-order valence-corrected chi connectivity index (χ3v) is 7.26. The van der Waals surface area contributed by atoms with Crippen molar-refractivity contribution in [3.8, 4) is 17.2 Å². The first-order valence-corrected chi connectivity index (χ1v) is 13.1. The van der Waals surface area contributed by atoms with Crippen LogP contribution in [0.4, 0.5) is 0 Å². The lowest BCUT2D eigenvalue weighted by atomic mass is 10.0. The van der Waals surface area contributed by atoms with Gasteiger partial charge in [0.15, 0.2) is 5.76 Å². The van der Waals surface area contributed by atoms with Gasteiger partial charge in [0.05, 0.1) is 28.0 Å². The smallest absolute Gasteiger partial charge is 0.336 e. The first-order chi connectivity index (χ1) is 17.6. The van der Waals surface area contributed by atoms with E-state index in [1.165, 1.54) is 18.2 Å². The van der Waals surface area contributed by atoms with Gasteiger partial charge in [-0.05, 0) is 55.3 Å². The molecule has 0 spiro atoms. The lowest BCUT2D eigenvalue weighted by Crippen LogP contribution is -2.12. The maximum atomic E-state index is 12.4. The standard InChI is InChI=1S/C28H24N2O6S/c1-16-7-12-24(35-14-13-18-8-10-19(11-9-18)37(29,33)34)25-21(28(31)32)15-22(30-26(16)25)27-17(2)20-5-3-4-6-23(20)36-27/h3-12,15H,13-14H2,1-2H3,(H,31,32)(H2,29,33,34). The molecular formula is C28H24N2O6S. The van der Waals surface area contributed by atoms with Gasteiger partial charge in [0.1, 0.15) is 17.0 Å². The van der Waals surface area contributed by atoms with E-state index in [2.05, 4.69) is 0 Å². The number of carboxylic acid groups (broad SMARTS) is 1. The number of hydrogen-bond donors (Lipinski definition) is 2. The number of aromatic carboxylic acids is 1. The number of sulfonamides is 1. The summed E-state index contributed by atoms with van der Waals surface area (Å²) in [5.41, 5.74) is 4.27. The van der Waals surface area contributed by atoms with Crippen molar-refractivity contribution < 1.29 is 27.5 Å². The Labute approximate surface area is 213 Å². The Bertz CT molecular complexity index is 1770. The fourth-order valence-corrected chi connectivity index (χ4v) is 4.91.